The van der Waals surface area contributed by atoms with Crippen molar-refractivity contribution in [1.29, 1.82) is 0 Å². The summed E-state index contributed by atoms with van der Waals surface area (Å²) in [6, 6.07) is 6.87. The van der Waals surface area contributed by atoms with Gasteiger partial charge in [-0.2, -0.15) is 0 Å². The number of benzene rings is 2. The number of aliphatic hydroxyl groups is 1. The number of hydrogen-bond donors (Lipinski definition) is 2. The van der Waals surface area contributed by atoms with Crippen molar-refractivity contribution < 1.29 is 30.7 Å². The van der Waals surface area contributed by atoms with Gasteiger partial charge >= 0.3 is 0 Å². The van der Waals surface area contributed by atoms with Crippen molar-refractivity contribution in [2.75, 3.05) is 18.1 Å². The topological polar surface area (TPSA) is 101 Å². The molecule has 10 heteroatoms. The Hall–Kier alpha value is -1.88. The maximum atomic E-state index is 13.4. The van der Waals surface area contributed by atoms with Gasteiger partial charge < -0.3 is 10.4 Å². The summed E-state index contributed by atoms with van der Waals surface area (Å²) < 4.78 is 76.5. The number of aliphatic hydroxyl groups excluding tert-OH is 1. The third-order valence-corrected chi connectivity index (χ3v) is 8.90. The van der Waals surface area contributed by atoms with Gasteiger partial charge in [0.2, 0.25) is 0 Å². The average molecular weight is 488 g/mol. The van der Waals surface area contributed by atoms with Crippen LogP contribution >= 0.6 is 0 Å². The second-order valence-electron chi connectivity index (χ2n) is 8.58. The van der Waals surface area contributed by atoms with E-state index in [9.17, 15) is 30.7 Å². The third kappa shape index (κ3) is 5.92. The number of rotatable bonds is 8. The zero-order chi connectivity index (χ0) is 23.7. The van der Waals surface area contributed by atoms with E-state index in [1.165, 1.54) is 0 Å². The minimum Gasteiger partial charge on any atom is -0.391 e. The van der Waals surface area contributed by atoms with E-state index in [4.69, 9.17) is 0 Å². The van der Waals surface area contributed by atoms with Gasteiger partial charge in [-0.15, -0.1) is 0 Å². The van der Waals surface area contributed by atoms with Gasteiger partial charge in [-0.25, -0.2) is 25.6 Å². The lowest BCUT2D eigenvalue weighted by Gasteiger charge is -2.28. The van der Waals surface area contributed by atoms with Gasteiger partial charge in [0.15, 0.2) is 19.7 Å². The smallest absolute Gasteiger partial charge is 0.181 e. The lowest BCUT2D eigenvalue weighted by atomic mass is 9.96. The first-order chi connectivity index (χ1) is 14.9. The zero-order valence-corrected chi connectivity index (χ0v) is 19.5. The molecule has 176 valence electrons. The van der Waals surface area contributed by atoms with Crippen LogP contribution in [0.1, 0.15) is 37.4 Å². The van der Waals surface area contributed by atoms with Crippen LogP contribution in [0.5, 0.6) is 0 Å². The van der Waals surface area contributed by atoms with Crippen molar-refractivity contribution in [3.05, 3.63) is 59.2 Å². The number of nitrogens with one attached hydrogen (secondary N) is 1. The number of hydrogen-bond acceptors (Lipinski definition) is 6. The lowest BCUT2D eigenvalue weighted by molar-refractivity contribution is 0.187. The van der Waals surface area contributed by atoms with E-state index in [1.807, 2.05) is 6.07 Å². The average Bonchev–Trinajstić information content (AvgIpc) is 2.65. The highest BCUT2D eigenvalue weighted by Gasteiger charge is 2.31. The van der Waals surface area contributed by atoms with Crippen LogP contribution < -0.4 is 5.32 Å². The number of sulfone groups is 2. The molecule has 2 atom stereocenters. The van der Waals surface area contributed by atoms with E-state index < -0.39 is 48.1 Å². The van der Waals surface area contributed by atoms with E-state index in [1.54, 1.807) is 12.1 Å². The normalized spacial score (nSPS) is 19.0. The van der Waals surface area contributed by atoms with E-state index in [0.717, 1.165) is 12.0 Å². The first kappa shape index (κ1) is 24.8. The Morgan fingerprint density at radius 2 is 1.78 bits per heavy atom. The van der Waals surface area contributed by atoms with E-state index in [-0.39, 0.29) is 29.7 Å². The molecule has 3 rings (SSSR count). The minimum atomic E-state index is -4.12. The summed E-state index contributed by atoms with van der Waals surface area (Å²) >= 11 is 0. The van der Waals surface area contributed by atoms with Crippen LogP contribution in [0.4, 0.5) is 8.78 Å². The first-order valence-electron chi connectivity index (χ1n) is 10.3. The Morgan fingerprint density at radius 3 is 2.41 bits per heavy atom. The molecule has 0 bridgehead atoms. The van der Waals surface area contributed by atoms with Crippen molar-refractivity contribution in [3.63, 3.8) is 0 Å². The molecule has 32 heavy (non-hydrogen) atoms. The van der Waals surface area contributed by atoms with Crippen molar-refractivity contribution in [2.45, 2.75) is 48.6 Å². The monoisotopic (exact) mass is 487 g/mol. The first-order valence-corrected chi connectivity index (χ1v) is 13.6. The highest BCUT2D eigenvalue weighted by atomic mass is 32.2. The summed E-state index contributed by atoms with van der Waals surface area (Å²) in [7, 11) is -7.52. The second-order valence-corrected chi connectivity index (χ2v) is 12.7. The van der Waals surface area contributed by atoms with Gasteiger partial charge in [0, 0.05) is 18.7 Å². The molecular weight excluding hydrogens is 460 g/mol. The number of halogens is 2. The van der Waals surface area contributed by atoms with Crippen molar-refractivity contribution in [3.8, 4) is 0 Å². The summed E-state index contributed by atoms with van der Waals surface area (Å²) in [6.45, 7) is 4.00. The molecule has 0 saturated carbocycles. The Morgan fingerprint density at radius 1 is 1.12 bits per heavy atom. The summed E-state index contributed by atoms with van der Waals surface area (Å²) in [5.74, 6) is -2.44. The SMILES string of the molecule is CC(C)Cc1ccc2c(c1)C(NCC(O)CS(=O)(=O)c1cc(F)cc(F)c1)CCS2(=O)=O. The molecule has 2 unspecified atom stereocenters. The summed E-state index contributed by atoms with van der Waals surface area (Å²) in [6.07, 6.45) is -0.285. The van der Waals surface area contributed by atoms with Gasteiger partial charge in [-0.05, 0) is 48.1 Å². The van der Waals surface area contributed by atoms with Crippen molar-refractivity contribution in [1.82, 2.24) is 5.32 Å². The zero-order valence-electron chi connectivity index (χ0n) is 17.9. The molecule has 0 radical (unpaired) electrons. The van der Waals surface area contributed by atoms with Crippen LogP contribution in [0.3, 0.4) is 0 Å². The molecule has 0 amide bonds. The minimum absolute atomic E-state index is 0.0574. The Kier molecular flexibility index (Phi) is 7.38. The van der Waals surface area contributed by atoms with Crippen molar-refractivity contribution >= 4 is 19.7 Å². The fourth-order valence-corrected chi connectivity index (χ4v) is 6.90. The fraction of sp³-hybridized carbons (Fsp3) is 0.455. The Bertz CT molecular complexity index is 1180. The van der Waals surface area contributed by atoms with Gasteiger partial charge in [0.1, 0.15) is 11.6 Å². The standard InChI is InChI=1S/C22H27F2NO5S2/c1-14(2)7-15-3-4-22-20(8-15)21(5-6-31(22,27)28)25-12-18(26)13-32(29,30)19-10-16(23)9-17(24)11-19/h3-4,8-11,14,18,21,25-26H,5-7,12-13H2,1-2H3. The Balaban J connectivity index is 1.74. The van der Waals surface area contributed by atoms with E-state index >= 15 is 0 Å². The maximum absolute atomic E-state index is 13.4. The second kappa shape index (κ2) is 9.54. The van der Waals surface area contributed by atoms with Gasteiger partial charge in [0.25, 0.3) is 0 Å². The van der Waals surface area contributed by atoms with Crippen LogP contribution in [0, 0.1) is 17.6 Å². The quantitative estimate of drug-likeness (QED) is 0.594. The molecule has 0 spiro atoms. The summed E-state index contributed by atoms with van der Waals surface area (Å²) in [4.78, 5) is -0.299. The van der Waals surface area contributed by atoms with E-state index in [2.05, 4.69) is 19.2 Å². The van der Waals surface area contributed by atoms with Gasteiger partial charge in [0.05, 0.1) is 27.4 Å². The highest BCUT2D eigenvalue weighted by molar-refractivity contribution is 7.91. The molecular formula is C22H27F2NO5S2. The van der Waals surface area contributed by atoms with Crippen LogP contribution in [-0.2, 0) is 26.1 Å². The predicted molar refractivity (Wildman–Crippen MR) is 117 cm³/mol. The van der Waals surface area contributed by atoms with Crippen LogP contribution in [0.25, 0.3) is 0 Å². The molecule has 1 aliphatic heterocycles. The lowest BCUT2D eigenvalue weighted by Crippen LogP contribution is -2.37. The maximum Gasteiger partial charge on any atom is 0.181 e. The molecule has 0 saturated heterocycles. The molecule has 1 aliphatic rings. The molecule has 6 nitrogen and oxygen atoms in total. The molecule has 2 aromatic carbocycles. The predicted octanol–water partition coefficient (Wildman–Crippen LogP) is 2.81. The summed E-state index contributed by atoms with van der Waals surface area (Å²) in [5, 5.41) is 13.4. The van der Waals surface area contributed by atoms with Crippen LogP contribution in [-0.4, -0.2) is 46.1 Å². The molecule has 0 fully saturated rings. The van der Waals surface area contributed by atoms with Crippen LogP contribution in [0.15, 0.2) is 46.2 Å². The van der Waals surface area contributed by atoms with Gasteiger partial charge in [-0.3, -0.25) is 0 Å². The molecule has 1 heterocycles. The molecule has 2 N–H and O–H groups in total. The number of fused-ring (bicyclic) bond motifs is 1. The summed E-state index contributed by atoms with van der Waals surface area (Å²) in [5.41, 5.74) is 1.61. The molecule has 0 aliphatic carbocycles. The third-order valence-electron chi connectivity index (χ3n) is 5.31. The van der Waals surface area contributed by atoms with Crippen LogP contribution in [0.2, 0.25) is 0 Å². The largest absolute Gasteiger partial charge is 0.391 e. The fourth-order valence-electron chi connectivity index (χ4n) is 3.90. The van der Waals surface area contributed by atoms with E-state index in [0.29, 0.717) is 29.7 Å². The molecule has 2 aromatic rings. The Labute approximate surface area is 187 Å². The van der Waals surface area contributed by atoms with Crippen molar-refractivity contribution in [2.24, 2.45) is 5.92 Å². The highest BCUT2D eigenvalue weighted by Crippen LogP contribution is 2.33. The molecule has 0 aromatic heterocycles. The van der Waals surface area contributed by atoms with Gasteiger partial charge in [-0.1, -0.05) is 26.0 Å².